The number of hydrogen-bond donors (Lipinski definition) is 1. The first-order valence-corrected chi connectivity index (χ1v) is 6.64. The van der Waals surface area contributed by atoms with Crippen molar-refractivity contribution in [2.24, 2.45) is 0 Å². The molecule has 0 amide bonds. The highest BCUT2D eigenvalue weighted by molar-refractivity contribution is 5.71. The second-order valence-corrected chi connectivity index (χ2v) is 5.22. The highest BCUT2D eigenvalue weighted by atomic mass is 16.5. The fourth-order valence-corrected chi connectivity index (χ4v) is 2.84. The monoisotopic (exact) mass is 272 g/mol. The first-order valence-electron chi connectivity index (χ1n) is 6.64. The number of carbonyl (C=O) groups excluding carboxylic acids is 1. The highest BCUT2D eigenvalue weighted by Gasteiger charge is 2.32. The molecule has 0 radical (unpaired) electrons. The molecular formula is C13H24N2O4. The quantitative estimate of drug-likeness (QED) is 0.707. The molecule has 1 fully saturated rings. The van der Waals surface area contributed by atoms with E-state index in [2.05, 4.69) is 4.74 Å². The average molecular weight is 272 g/mol. The molecule has 0 aliphatic heterocycles. The van der Waals surface area contributed by atoms with Gasteiger partial charge in [0.2, 0.25) is 0 Å². The van der Waals surface area contributed by atoms with Crippen LogP contribution in [0, 0.1) is 0 Å². The largest absolute Gasteiger partial charge is 0.480 e. The molecule has 0 saturated heterocycles. The van der Waals surface area contributed by atoms with E-state index in [1.165, 1.54) is 7.11 Å². The maximum Gasteiger partial charge on any atom is 0.319 e. The zero-order chi connectivity index (χ0) is 14.4. The lowest BCUT2D eigenvalue weighted by atomic mass is 9.88. The normalized spacial score (nSPS) is 23.6. The Labute approximate surface area is 114 Å². The number of methoxy groups -OCH3 is 1. The van der Waals surface area contributed by atoms with Crippen LogP contribution >= 0.6 is 0 Å². The summed E-state index contributed by atoms with van der Waals surface area (Å²) in [4.78, 5) is 26.0. The molecule has 2 atom stereocenters. The van der Waals surface area contributed by atoms with Gasteiger partial charge in [-0.1, -0.05) is 12.8 Å². The molecule has 6 heteroatoms. The van der Waals surface area contributed by atoms with Crippen LogP contribution in [0.5, 0.6) is 0 Å². The van der Waals surface area contributed by atoms with E-state index in [1.54, 1.807) is 0 Å². The van der Waals surface area contributed by atoms with Crippen molar-refractivity contribution < 1.29 is 19.4 Å². The number of carboxylic acids is 1. The summed E-state index contributed by atoms with van der Waals surface area (Å²) in [6, 6.07) is 0.386. The van der Waals surface area contributed by atoms with Crippen LogP contribution in [-0.2, 0) is 14.3 Å². The van der Waals surface area contributed by atoms with E-state index in [-0.39, 0.29) is 31.1 Å². The van der Waals surface area contributed by atoms with Gasteiger partial charge in [-0.15, -0.1) is 0 Å². The number of rotatable bonds is 6. The molecule has 6 nitrogen and oxygen atoms in total. The number of hydrogen-bond acceptors (Lipinski definition) is 5. The van der Waals surface area contributed by atoms with Gasteiger partial charge in [0.05, 0.1) is 20.2 Å². The van der Waals surface area contributed by atoms with Gasteiger partial charge in [0.15, 0.2) is 0 Å². The van der Waals surface area contributed by atoms with Crippen molar-refractivity contribution >= 4 is 11.9 Å². The Kier molecular flexibility index (Phi) is 6.24. The van der Waals surface area contributed by atoms with Gasteiger partial charge in [-0.3, -0.25) is 19.4 Å². The number of likely N-dealkylation sites (N-methyl/N-ethyl adjacent to an activating group) is 2. The second kappa shape index (κ2) is 7.45. The summed E-state index contributed by atoms with van der Waals surface area (Å²) in [7, 11) is 5.11. The topological polar surface area (TPSA) is 70.1 Å². The summed E-state index contributed by atoms with van der Waals surface area (Å²) in [5.74, 6) is -1.07. The molecule has 0 aromatic carbocycles. The van der Waals surface area contributed by atoms with Crippen molar-refractivity contribution in [2.45, 2.75) is 37.8 Å². The lowest BCUT2D eigenvalue weighted by Crippen LogP contribution is -2.53. The van der Waals surface area contributed by atoms with Gasteiger partial charge in [-0.25, -0.2) is 0 Å². The molecule has 2 unspecified atom stereocenters. The molecule has 1 aliphatic carbocycles. The summed E-state index contributed by atoms with van der Waals surface area (Å²) in [6.07, 6.45) is 4.19. The Hall–Kier alpha value is -1.14. The minimum Gasteiger partial charge on any atom is -0.480 e. The molecule has 0 spiro atoms. The van der Waals surface area contributed by atoms with E-state index in [1.807, 2.05) is 23.9 Å². The number of ether oxygens (including phenoxy) is 1. The Morgan fingerprint density at radius 1 is 1.11 bits per heavy atom. The van der Waals surface area contributed by atoms with Crippen molar-refractivity contribution in [3.05, 3.63) is 0 Å². The van der Waals surface area contributed by atoms with E-state index in [0.717, 1.165) is 25.7 Å². The predicted octanol–water partition coefficient (Wildman–Crippen LogP) is 0.419. The summed E-state index contributed by atoms with van der Waals surface area (Å²) in [5, 5.41) is 8.89. The molecule has 1 N–H and O–H groups in total. The third kappa shape index (κ3) is 4.80. The smallest absolute Gasteiger partial charge is 0.319 e. The molecule has 0 aromatic rings. The van der Waals surface area contributed by atoms with Crippen molar-refractivity contribution in [1.29, 1.82) is 0 Å². The number of carbonyl (C=O) groups is 2. The Bertz CT molecular complexity index is 322. The van der Waals surface area contributed by atoms with Gasteiger partial charge in [0.25, 0.3) is 0 Å². The van der Waals surface area contributed by atoms with Crippen LogP contribution in [0.4, 0.5) is 0 Å². The minimum atomic E-state index is -0.817. The van der Waals surface area contributed by atoms with Gasteiger partial charge >= 0.3 is 11.9 Å². The molecule has 110 valence electrons. The Morgan fingerprint density at radius 3 is 2.00 bits per heavy atom. The molecule has 1 rings (SSSR count). The lowest BCUT2D eigenvalue weighted by molar-refractivity contribution is -0.143. The lowest BCUT2D eigenvalue weighted by Gasteiger charge is -2.41. The Balaban J connectivity index is 2.65. The SMILES string of the molecule is COC(=O)CN(C)C1CCCCC1N(C)CC(=O)O. The zero-order valence-corrected chi connectivity index (χ0v) is 12.0. The fraction of sp³-hybridized carbons (Fsp3) is 0.846. The molecular weight excluding hydrogens is 248 g/mol. The molecule has 0 aromatic heterocycles. The van der Waals surface area contributed by atoms with Crippen LogP contribution in [0.25, 0.3) is 0 Å². The van der Waals surface area contributed by atoms with Gasteiger partial charge in [0, 0.05) is 12.1 Å². The summed E-state index contributed by atoms with van der Waals surface area (Å²) in [6.45, 7) is 0.284. The summed E-state index contributed by atoms with van der Waals surface area (Å²) < 4.78 is 4.68. The first kappa shape index (κ1) is 15.9. The van der Waals surface area contributed by atoms with Crippen molar-refractivity contribution in [3.8, 4) is 0 Å². The highest BCUT2D eigenvalue weighted by Crippen LogP contribution is 2.25. The van der Waals surface area contributed by atoms with Crippen molar-refractivity contribution in [1.82, 2.24) is 9.80 Å². The van der Waals surface area contributed by atoms with E-state index in [0.29, 0.717) is 0 Å². The van der Waals surface area contributed by atoms with Crippen LogP contribution in [0.3, 0.4) is 0 Å². The third-order valence-electron chi connectivity index (χ3n) is 3.82. The number of esters is 1. The van der Waals surface area contributed by atoms with Crippen LogP contribution in [0.1, 0.15) is 25.7 Å². The van der Waals surface area contributed by atoms with E-state index >= 15 is 0 Å². The number of aliphatic carboxylic acids is 1. The van der Waals surface area contributed by atoms with E-state index < -0.39 is 5.97 Å². The first-order chi connectivity index (χ1) is 8.95. The maximum absolute atomic E-state index is 11.3. The summed E-state index contributed by atoms with van der Waals surface area (Å²) >= 11 is 0. The van der Waals surface area contributed by atoms with Gasteiger partial charge < -0.3 is 9.84 Å². The molecule has 19 heavy (non-hydrogen) atoms. The minimum absolute atomic E-state index is 0.0350. The van der Waals surface area contributed by atoms with Crippen LogP contribution in [0.15, 0.2) is 0 Å². The maximum atomic E-state index is 11.3. The number of carboxylic acid groups (broad SMARTS) is 1. The fourth-order valence-electron chi connectivity index (χ4n) is 2.84. The molecule has 1 aliphatic rings. The average Bonchev–Trinajstić information content (AvgIpc) is 2.37. The van der Waals surface area contributed by atoms with Gasteiger partial charge in [-0.2, -0.15) is 0 Å². The third-order valence-corrected chi connectivity index (χ3v) is 3.82. The van der Waals surface area contributed by atoms with Gasteiger partial charge in [0.1, 0.15) is 0 Å². The second-order valence-electron chi connectivity index (χ2n) is 5.22. The van der Waals surface area contributed by atoms with Gasteiger partial charge in [-0.05, 0) is 26.9 Å². The predicted molar refractivity (Wildman–Crippen MR) is 71.0 cm³/mol. The molecule has 0 bridgehead atoms. The number of nitrogens with zero attached hydrogens (tertiary/aromatic N) is 2. The van der Waals surface area contributed by atoms with Crippen LogP contribution in [-0.4, -0.2) is 73.2 Å². The van der Waals surface area contributed by atoms with Crippen molar-refractivity contribution in [2.75, 3.05) is 34.3 Å². The zero-order valence-electron chi connectivity index (χ0n) is 12.0. The summed E-state index contributed by atoms with van der Waals surface area (Å²) in [5.41, 5.74) is 0. The van der Waals surface area contributed by atoms with E-state index in [4.69, 9.17) is 5.11 Å². The Morgan fingerprint density at radius 2 is 1.58 bits per heavy atom. The van der Waals surface area contributed by atoms with Crippen LogP contribution in [0.2, 0.25) is 0 Å². The molecule has 1 saturated carbocycles. The standard InChI is InChI=1S/C13H24N2O4/c1-14(8-12(16)17)10-6-4-5-7-11(10)15(2)9-13(18)19-3/h10-11H,4-9H2,1-3H3,(H,16,17). The van der Waals surface area contributed by atoms with Crippen LogP contribution < -0.4 is 0 Å². The van der Waals surface area contributed by atoms with Crippen molar-refractivity contribution in [3.63, 3.8) is 0 Å². The molecule has 0 heterocycles. The van der Waals surface area contributed by atoms with E-state index in [9.17, 15) is 9.59 Å².